The standard InChI is InChI=1S/C20H22F3N3O2/c1-19(2,27)15-10-16-13(11-26(24-16)14-6-8-28-12-14)9-17(15)25-7-4-3-5-18(25)20(21,22)23/h3-5,9-11,14,27H,6-8,12H2,1-2H3/t14-/m1/s1. The van der Waals surface area contributed by atoms with Crippen LogP contribution in [0.25, 0.3) is 10.9 Å². The number of rotatable bonds is 3. The Morgan fingerprint density at radius 3 is 2.68 bits per heavy atom. The van der Waals surface area contributed by atoms with Crippen LogP contribution in [0.3, 0.4) is 0 Å². The molecular formula is C20H22F3N3O2. The minimum Gasteiger partial charge on any atom is -0.386 e. The Morgan fingerprint density at radius 2 is 2.04 bits per heavy atom. The number of ether oxygens (including phenoxy) is 1. The van der Waals surface area contributed by atoms with Gasteiger partial charge in [-0.3, -0.25) is 4.68 Å². The van der Waals surface area contributed by atoms with Crippen LogP contribution in [0.2, 0.25) is 0 Å². The molecule has 3 heterocycles. The first-order chi connectivity index (χ1) is 13.1. The fourth-order valence-electron chi connectivity index (χ4n) is 3.70. The molecule has 1 N–H and O–H groups in total. The van der Waals surface area contributed by atoms with Gasteiger partial charge in [0.15, 0.2) is 0 Å². The van der Waals surface area contributed by atoms with Gasteiger partial charge < -0.3 is 14.7 Å². The van der Waals surface area contributed by atoms with Crippen molar-refractivity contribution in [3.63, 3.8) is 0 Å². The SMILES string of the molecule is CC(C)(O)c1cc2nn([C@@H]3CCOC3)cc2cc1N1CC=CC=C1C(F)(F)F. The topological polar surface area (TPSA) is 50.5 Å². The zero-order valence-electron chi connectivity index (χ0n) is 15.7. The highest BCUT2D eigenvalue weighted by molar-refractivity contribution is 5.85. The molecule has 2 aromatic rings. The summed E-state index contributed by atoms with van der Waals surface area (Å²) in [7, 11) is 0. The Hall–Kier alpha value is -2.32. The second-order valence-electron chi connectivity index (χ2n) is 7.70. The van der Waals surface area contributed by atoms with Crippen molar-refractivity contribution < 1.29 is 23.0 Å². The molecule has 0 radical (unpaired) electrons. The summed E-state index contributed by atoms with van der Waals surface area (Å²) in [6.07, 6.45) is 2.30. The number of halogens is 3. The largest absolute Gasteiger partial charge is 0.431 e. The maximum Gasteiger partial charge on any atom is 0.431 e. The lowest BCUT2D eigenvalue weighted by Gasteiger charge is -2.33. The Balaban J connectivity index is 1.86. The van der Waals surface area contributed by atoms with Crippen LogP contribution in [0.4, 0.5) is 18.9 Å². The predicted octanol–water partition coefficient (Wildman–Crippen LogP) is 4.05. The highest BCUT2D eigenvalue weighted by Crippen LogP contribution is 2.40. The smallest absolute Gasteiger partial charge is 0.386 e. The number of anilines is 1. The molecule has 2 aliphatic heterocycles. The summed E-state index contributed by atoms with van der Waals surface area (Å²) >= 11 is 0. The van der Waals surface area contributed by atoms with Gasteiger partial charge in [-0.1, -0.05) is 12.2 Å². The van der Waals surface area contributed by atoms with Gasteiger partial charge in [0.05, 0.1) is 23.8 Å². The van der Waals surface area contributed by atoms with E-state index in [0.29, 0.717) is 30.0 Å². The minimum atomic E-state index is -4.50. The quantitative estimate of drug-likeness (QED) is 0.855. The van der Waals surface area contributed by atoms with E-state index in [-0.39, 0.29) is 12.6 Å². The number of benzene rings is 1. The van der Waals surface area contributed by atoms with Crippen molar-refractivity contribution in [2.24, 2.45) is 0 Å². The summed E-state index contributed by atoms with van der Waals surface area (Å²) in [6.45, 7) is 4.44. The van der Waals surface area contributed by atoms with Gasteiger partial charge in [0.2, 0.25) is 0 Å². The highest BCUT2D eigenvalue weighted by Gasteiger charge is 2.40. The Bertz CT molecular complexity index is 948. The van der Waals surface area contributed by atoms with Crippen LogP contribution < -0.4 is 4.90 Å². The first-order valence-corrected chi connectivity index (χ1v) is 9.19. The maximum atomic E-state index is 13.6. The summed E-state index contributed by atoms with van der Waals surface area (Å²) in [6, 6.07) is 3.48. The monoisotopic (exact) mass is 393 g/mol. The van der Waals surface area contributed by atoms with Crippen molar-refractivity contribution in [2.75, 3.05) is 24.7 Å². The highest BCUT2D eigenvalue weighted by atomic mass is 19.4. The molecule has 2 aliphatic rings. The normalized spacial score (nSPS) is 20.9. The average Bonchev–Trinajstić information content (AvgIpc) is 3.28. The number of hydrogen-bond acceptors (Lipinski definition) is 4. The fourth-order valence-corrected chi connectivity index (χ4v) is 3.70. The summed E-state index contributed by atoms with van der Waals surface area (Å²) in [5.74, 6) is 0. The van der Waals surface area contributed by atoms with Crippen LogP contribution in [0.5, 0.6) is 0 Å². The van der Waals surface area contributed by atoms with Crippen LogP contribution >= 0.6 is 0 Å². The Kier molecular flexibility index (Phi) is 4.50. The number of hydrogen-bond donors (Lipinski definition) is 1. The summed E-state index contributed by atoms with van der Waals surface area (Å²) < 4.78 is 48.0. The van der Waals surface area contributed by atoms with Gasteiger partial charge in [0.25, 0.3) is 0 Å². The number of alkyl halides is 3. The van der Waals surface area contributed by atoms with E-state index in [4.69, 9.17) is 4.74 Å². The third kappa shape index (κ3) is 3.42. The summed E-state index contributed by atoms with van der Waals surface area (Å²) in [4.78, 5) is 1.20. The lowest BCUT2D eigenvalue weighted by molar-refractivity contribution is -0.0934. The fraction of sp³-hybridized carbons (Fsp3) is 0.450. The Morgan fingerprint density at radius 1 is 1.25 bits per heavy atom. The Labute approximate surface area is 160 Å². The van der Waals surface area contributed by atoms with Crippen molar-refractivity contribution in [1.82, 2.24) is 9.78 Å². The molecule has 1 atom stereocenters. The molecule has 150 valence electrons. The van der Waals surface area contributed by atoms with E-state index in [1.165, 1.54) is 11.0 Å². The summed E-state index contributed by atoms with van der Waals surface area (Å²) in [5.41, 5.74) is -0.718. The van der Waals surface area contributed by atoms with Gasteiger partial charge in [0.1, 0.15) is 5.70 Å². The van der Waals surface area contributed by atoms with Crippen LogP contribution in [0.1, 0.15) is 31.9 Å². The van der Waals surface area contributed by atoms with E-state index in [2.05, 4.69) is 5.10 Å². The molecule has 5 nitrogen and oxygen atoms in total. The van der Waals surface area contributed by atoms with Gasteiger partial charge in [-0.15, -0.1) is 0 Å². The molecule has 0 saturated carbocycles. The molecule has 0 amide bonds. The second-order valence-corrected chi connectivity index (χ2v) is 7.70. The van der Waals surface area contributed by atoms with E-state index in [9.17, 15) is 18.3 Å². The molecule has 1 saturated heterocycles. The van der Waals surface area contributed by atoms with E-state index in [1.807, 2.05) is 10.9 Å². The first-order valence-electron chi connectivity index (χ1n) is 9.19. The van der Waals surface area contributed by atoms with Gasteiger partial charge in [-0.05, 0) is 38.5 Å². The van der Waals surface area contributed by atoms with Crippen LogP contribution in [0.15, 0.2) is 42.3 Å². The second kappa shape index (κ2) is 6.63. The minimum absolute atomic E-state index is 0.0739. The number of fused-ring (bicyclic) bond motifs is 1. The van der Waals surface area contributed by atoms with Crippen molar-refractivity contribution >= 4 is 16.6 Å². The van der Waals surface area contributed by atoms with Crippen molar-refractivity contribution in [3.8, 4) is 0 Å². The van der Waals surface area contributed by atoms with Gasteiger partial charge >= 0.3 is 6.18 Å². The third-order valence-corrected chi connectivity index (χ3v) is 5.13. The maximum absolute atomic E-state index is 13.6. The molecule has 1 aromatic carbocycles. The lowest BCUT2D eigenvalue weighted by atomic mass is 9.94. The van der Waals surface area contributed by atoms with Crippen molar-refractivity contribution in [3.05, 3.63) is 47.8 Å². The lowest BCUT2D eigenvalue weighted by Crippen LogP contribution is -2.35. The molecule has 0 unspecified atom stereocenters. The molecule has 0 bridgehead atoms. The van der Waals surface area contributed by atoms with Gasteiger partial charge in [-0.25, -0.2) is 0 Å². The molecule has 4 rings (SSSR count). The number of aromatic nitrogens is 2. The van der Waals surface area contributed by atoms with E-state index < -0.39 is 17.5 Å². The molecule has 0 aliphatic carbocycles. The van der Waals surface area contributed by atoms with E-state index >= 15 is 0 Å². The number of nitrogens with zero attached hydrogens (tertiary/aromatic N) is 3. The van der Waals surface area contributed by atoms with Crippen LogP contribution in [-0.4, -0.2) is 40.8 Å². The molecule has 0 spiro atoms. The van der Waals surface area contributed by atoms with Gasteiger partial charge in [0, 0.05) is 36.0 Å². The van der Waals surface area contributed by atoms with Crippen molar-refractivity contribution in [1.29, 1.82) is 0 Å². The third-order valence-electron chi connectivity index (χ3n) is 5.13. The molecule has 1 fully saturated rings. The predicted molar refractivity (Wildman–Crippen MR) is 100 cm³/mol. The molecule has 8 heteroatoms. The zero-order valence-corrected chi connectivity index (χ0v) is 15.7. The first kappa shape index (κ1) is 19.0. The van der Waals surface area contributed by atoms with E-state index in [1.54, 1.807) is 32.1 Å². The zero-order chi connectivity index (χ0) is 20.1. The number of allylic oxidation sites excluding steroid dienone is 3. The van der Waals surface area contributed by atoms with Crippen molar-refractivity contribution in [2.45, 2.75) is 38.1 Å². The van der Waals surface area contributed by atoms with Gasteiger partial charge in [-0.2, -0.15) is 18.3 Å². The average molecular weight is 393 g/mol. The number of aliphatic hydroxyl groups is 1. The molecule has 1 aromatic heterocycles. The van der Waals surface area contributed by atoms with E-state index in [0.717, 1.165) is 17.9 Å². The van der Waals surface area contributed by atoms with Crippen LogP contribution in [-0.2, 0) is 10.3 Å². The van der Waals surface area contributed by atoms with Crippen LogP contribution in [0, 0.1) is 0 Å². The molecular weight excluding hydrogens is 371 g/mol. The molecule has 28 heavy (non-hydrogen) atoms. The summed E-state index contributed by atoms with van der Waals surface area (Å²) in [5, 5.41) is 16.0.